The summed E-state index contributed by atoms with van der Waals surface area (Å²) in [6, 6.07) is 21.1. The Morgan fingerprint density at radius 1 is 0.696 bits per heavy atom. The van der Waals surface area contributed by atoms with Gasteiger partial charge in [0.1, 0.15) is 0 Å². The van der Waals surface area contributed by atoms with Gasteiger partial charge in [0, 0.05) is 15.4 Å². The monoisotopic (exact) mass is 358 g/mol. The fourth-order valence-corrected chi connectivity index (χ4v) is 4.37. The molecule has 23 heavy (non-hydrogen) atoms. The van der Waals surface area contributed by atoms with Crippen molar-refractivity contribution in [1.82, 2.24) is 0 Å². The van der Waals surface area contributed by atoms with Crippen LogP contribution in [0.15, 0.2) is 65.1 Å². The maximum Gasteiger partial charge on any atom is 0.151 e. The second-order valence-electron chi connectivity index (χ2n) is 5.88. The molecule has 0 saturated carbocycles. The highest BCUT2D eigenvalue weighted by Crippen LogP contribution is 2.42. The Balaban J connectivity index is 2.31. The minimum absolute atomic E-state index is 0.729. The first-order valence-corrected chi connectivity index (χ1v) is 8.32. The molecule has 0 aliphatic carbocycles. The molecule has 0 heterocycles. The summed E-state index contributed by atoms with van der Waals surface area (Å²) in [6.45, 7) is 0. The molecule has 0 aromatic heterocycles. The van der Waals surface area contributed by atoms with E-state index < -0.39 is 0 Å². The molecule has 0 aliphatic heterocycles. The molecule has 0 aliphatic rings. The van der Waals surface area contributed by atoms with Crippen molar-refractivity contribution in [3.8, 4) is 0 Å². The largest absolute Gasteiger partial charge is 0.298 e. The van der Waals surface area contributed by atoms with Crippen molar-refractivity contribution in [3.63, 3.8) is 0 Å². The summed E-state index contributed by atoms with van der Waals surface area (Å²) < 4.78 is 0.850. The maximum absolute atomic E-state index is 11.8. The van der Waals surface area contributed by atoms with Crippen molar-refractivity contribution >= 4 is 65.3 Å². The molecular formula is C21H11BrO. The highest BCUT2D eigenvalue weighted by molar-refractivity contribution is 9.10. The fourth-order valence-electron chi connectivity index (χ4n) is 3.83. The predicted octanol–water partition coefficient (Wildman–Crippen LogP) is 6.31. The van der Waals surface area contributed by atoms with Crippen LogP contribution in [0.5, 0.6) is 0 Å². The van der Waals surface area contributed by atoms with Crippen LogP contribution in [0.2, 0.25) is 0 Å². The molecule has 0 amide bonds. The van der Waals surface area contributed by atoms with Crippen molar-refractivity contribution in [2.24, 2.45) is 0 Å². The third kappa shape index (κ3) is 1.59. The molecule has 108 valence electrons. The van der Waals surface area contributed by atoms with Gasteiger partial charge in [-0.2, -0.15) is 0 Å². The van der Waals surface area contributed by atoms with Crippen LogP contribution in [-0.2, 0) is 0 Å². The first kappa shape index (κ1) is 13.0. The van der Waals surface area contributed by atoms with Crippen molar-refractivity contribution in [3.05, 3.63) is 70.7 Å². The van der Waals surface area contributed by atoms with Gasteiger partial charge in [-0.1, -0.05) is 70.5 Å². The molecule has 0 saturated heterocycles. The molecule has 0 atom stereocenters. The number of hydrogen-bond acceptors (Lipinski definition) is 1. The number of benzene rings is 5. The average molecular weight is 359 g/mol. The van der Waals surface area contributed by atoms with E-state index in [2.05, 4.69) is 70.5 Å². The number of hydrogen-bond donors (Lipinski definition) is 0. The molecule has 0 N–H and O–H groups in total. The van der Waals surface area contributed by atoms with Gasteiger partial charge in [-0.25, -0.2) is 0 Å². The molecule has 5 rings (SSSR count). The Kier molecular flexibility index (Phi) is 2.56. The van der Waals surface area contributed by atoms with Crippen LogP contribution in [0, 0.1) is 0 Å². The minimum atomic E-state index is 0.729. The molecule has 5 aromatic carbocycles. The van der Waals surface area contributed by atoms with Crippen LogP contribution in [0.25, 0.3) is 43.1 Å². The minimum Gasteiger partial charge on any atom is -0.298 e. The highest BCUT2D eigenvalue weighted by atomic mass is 79.9. The van der Waals surface area contributed by atoms with E-state index in [1.165, 1.54) is 26.9 Å². The Hall–Kier alpha value is -2.45. The van der Waals surface area contributed by atoms with Gasteiger partial charge in [0.25, 0.3) is 0 Å². The van der Waals surface area contributed by atoms with Crippen LogP contribution in [0.1, 0.15) is 10.4 Å². The zero-order valence-electron chi connectivity index (χ0n) is 12.1. The highest BCUT2D eigenvalue weighted by Gasteiger charge is 2.16. The van der Waals surface area contributed by atoms with E-state index in [4.69, 9.17) is 0 Å². The van der Waals surface area contributed by atoms with Gasteiger partial charge in [-0.15, -0.1) is 0 Å². The van der Waals surface area contributed by atoms with Gasteiger partial charge in [0.2, 0.25) is 0 Å². The van der Waals surface area contributed by atoms with E-state index in [-0.39, 0.29) is 0 Å². The second-order valence-corrected chi connectivity index (χ2v) is 6.73. The number of carbonyl (C=O) groups excluding carboxylic acids is 1. The van der Waals surface area contributed by atoms with Crippen LogP contribution < -0.4 is 0 Å². The van der Waals surface area contributed by atoms with Crippen LogP contribution >= 0.6 is 15.9 Å². The summed E-state index contributed by atoms with van der Waals surface area (Å²) in [5.41, 5.74) is 0.729. The van der Waals surface area contributed by atoms with Crippen molar-refractivity contribution in [2.75, 3.05) is 0 Å². The third-order valence-electron chi connectivity index (χ3n) is 4.74. The first-order chi connectivity index (χ1) is 11.3. The molecule has 0 fully saturated rings. The molecular weight excluding hydrogens is 348 g/mol. The van der Waals surface area contributed by atoms with Crippen LogP contribution in [-0.4, -0.2) is 6.29 Å². The first-order valence-electron chi connectivity index (χ1n) is 7.52. The van der Waals surface area contributed by atoms with Crippen molar-refractivity contribution < 1.29 is 4.79 Å². The smallest absolute Gasteiger partial charge is 0.151 e. The normalized spacial score (nSPS) is 11.9. The lowest BCUT2D eigenvalue weighted by Crippen LogP contribution is -1.92. The number of aldehydes is 1. The lowest BCUT2D eigenvalue weighted by molar-refractivity contribution is 0.112. The van der Waals surface area contributed by atoms with Gasteiger partial charge in [-0.05, 0) is 43.8 Å². The van der Waals surface area contributed by atoms with Gasteiger partial charge >= 0.3 is 0 Å². The molecule has 5 aromatic rings. The Bertz CT molecular complexity index is 1230. The number of fused-ring (bicyclic) bond motifs is 2. The third-order valence-corrected chi connectivity index (χ3v) is 5.39. The fraction of sp³-hybridized carbons (Fsp3) is 0. The second kappa shape index (κ2) is 4.53. The lowest BCUT2D eigenvalue weighted by atomic mass is 9.88. The zero-order chi connectivity index (χ0) is 15.6. The van der Waals surface area contributed by atoms with Crippen LogP contribution in [0.3, 0.4) is 0 Å². The van der Waals surface area contributed by atoms with E-state index in [1.807, 2.05) is 6.07 Å². The van der Waals surface area contributed by atoms with Gasteiger partial charge < -0.3 is 0 Å². The standard InChI is InChI=1S/C21H11BrO/c22-18-10-13-6-3-8-15-14-7-1-4-12-5-2-9-16(19(12)14)21(20(13)15)17(18)11-23/h1-11H. The van der Waals surface area contributed by atoms with E-state index in [0.717, 1.165) is 32.5 Å². The molecule has 1 nitrogen and oxygen atoms in total. The maximum atomic E-state index is 11.8. The summed E-state index contributed by atoms with van der Waals surface area (Å²) in [5, 5.41) is 9.41. The Labute approximate surface area is 141 Å². The van der Waals surface area contributed by atoms with E-state index in [0.29, 0.717) is 0 Å². The lowest BCUT2D eigenvalue weighted by Gasteiger charge is -2.16. The number of carbonyl (C=O) groups is 1. The Morgan fingerprint density at radius 2 is 1.30 bits per heavy atom. The van der Waals surface area contributed by atoms with Crippen molar-refractivity contribution in [1.29, 1.82) is 0 Å². The van der Waals surface area contributed by atoms with Gasteiger partial charge in [0.15, 0.2) is 6.29 Å². The predicted molar refractivity (Wildman–Crippen MR) is 101 cm³/mol. The van der Waals surface area contributed by atoms with Crippen molar-refractivity contribution in [2.45, 2.75) is 0 Å². The summed E-state index contributed by atoms with van der Waals surface area (Å²) in [5.74, 6) is 0. The zero-order valence-corrected chi connectivity index (χ0v) is 13.7. The van der Waals surface area contributed by atoms with E-state index in [1.54, 1.807) is 0 Å². The molecule has 0 spiro atoms. The Morgan fingerprint density at radius 3 is 2.00 bits per heavy atom. The topological polar surface area (TPSA) is 17.1 Å². The van der Waals surface area contributed by atoms with Gasteiger partial charge in [0.05, 0.1) is 0 Å². The summed E-state index contributed by atoms with van der Waals surface area (Å²) in [7, 11) is 0. The van der Waals surface area contributed by atoms with E-state index in [9.17, 15) is 4.79 Å². The van der Waals surface area contributed by atoms with Crippen LogP contribution in [0.4, 0.5) is 0 Å². The molecule has 0 bridgehead atoms. The van der Waals surface area contributed by atoms with Gasteiger partial charge in [-0.3, -0.25) is 4.79 Å². The summed E-state index contributed by atoms with van der Waals surface area (Å²) in [6.07, 6.45) is 0.961. The molecule has 0 unspecified atom stereocenters. The number of rotatable bonds is 1. The molecule has 2 heteroatoms. The number of halogens is 1. The van der Waals surface area contributed by atoms with E-state index >= 15 is 0 Å². The molecule has 0 radical (unpaired) electrons. The summed E-state index contributed by atoms with van der Waals surface area (Å²) in [4.78, 5) is 11.8. The quantitative estimate of drug-likeness (QED) is 0.195. The SMILES string of the molecule is O=Cc1c(Br)cc2cccc3c4cccc5cccc(c1c23)c54. The summed E-state index contributed by atoms with van der Waals surface area (Å²) >= 11 is 3.57. The average Bonchev–Trinajstić information content (AvgIpc) is 2.58.